The topological polar surface area (TPSA) is 69.6 Å². The van der Waals surface area contributed by atoms with Gasteiger partial charge in [-0.15, -0.1) is 0 Å². The van der Waals surface area contributed by atoms with Gasteiger partial charge in [0, 0.05) is 13.1 Å². The van der Waals surface area contributed by atoms with Crippen LogP contribution in [0, 0.1) is 0 Å². The Balaban J connectivity index is 1.59. The van der Waals surface area contributed by atoms with Gasteiger partial charge in [-0.05, 0) is 54.3 Å². The molecule has 1 aliphatic heterocycles. The summed E-state index contributed by atoms with van der Waals surface area (Å²) >= 11 is 0. The van der Waals surface area contributed by atoms with Crippen LogP contribution < -0.4 is 10.2 Å². The molecule has 0 saturated carbocycles. The zero-order valence-electron chi connectivity index (χ0n) is 18.4. The predicted octanol–water partition coefficient (Wildman–Crippen LogP) is 5.46. The number of fused-ring (bicyclic) bond motifs is 1. The predicted molar refractivity (Wildman–Crippen MR) is 122 cm³/mol. The summed E-state index contributed by atoms with van der Waals surface area (Å²) in [6, 6.07) is 16.5. The number of rotatable bonds is 6. The number of nitrogens with one attached hydrogen (secondary N) is 1. The normalized spacial score (nSPS) is 13.9. The lowest BCUT2D eigenvalue weighted by atomic mass is 10.0. The van der Waals surface area contributed by atoms with Crippen LogP contribution >= 0.6 is 0 Å². The molecule has 3 aromatic carbocycles. The van der Waals surface area contributed by atoms with Crippen LogP contribution in [0.4, 0.5) is 18.9 Å². The molecule has 0 saturated heterocycles. The number of halogens is 3. The van der Waals surface area contributed by atoms with E-state index in [0.717, 1.165) is 17.7 Å². The molecule has 0 unspecified atom stereocenters. The van der Waals surface area contributed by atoms with Gasteiger partial charge in [0.05, 0.1) is 28.4 Å². The van der Waals surface area contributed by atoms with Crippen molar-refractivity contribution in [2.75, 3.05) is 11.4 Å². The number of alkyl halides is 3. The molecule has 0 aromatic heterocycles. The zero-order valence-corrected chi connectivity index (χ0v) is 18.4. The average Bonchev–Trinajstić information content (AvgIpc) is 3.21. The number of hydrogen-bond acceptors (Lipinski definition) is 3. The second-order valence-electron chi connectivity index (χ2n) is 8.27. The fraction of sp³-hybridized carbons (Fsp3) is 0.231. The molecule has 1 atom stereocenters. The second kappa shape index (κ2) is 9.21. The summed E-state index contributed by atoms with van der Waals surface area (Å²) in [5.74, 6) is -1.45. The number of aromatic carboxylic acids is 1. The van der Waals surface area contributed by atoms with Crippen molar-refractivity contribution in [1.29, 1.82) is 0 Å². The van der Waals surface area contributed by atoms with E-state index in [0.29, 0.717) is 35.3 Å². The minimum absolute atomic E-state index is 0.111. The number of amides is 1. The standard InChI is InChI=1S/C26H23F3N2O3/c1-16(20-9-2-3-10-21(20)25(33)34)30-24(32)22-11-5-7-18-12-13-31(23(18)22)15-17-6-4-8-19(14-17)26(27,28)29/h2-11,14,16H,12-13,15H2,1H3,(H,30,32)(H,33,34)/t16-/m0/s1. The number of nitrogens with zero attached hydrogens (tertiary/aromatic N) is 1. The molecular weight excluding hydrogens is 445 g/mol. The van der Waals surface area contributed by atoms with Crippen molar-refractivity contribution in [1.82, 2.24) is 5.32 Å². The van der Waals surface area contributed by atoms with Crippen LogP contribution in [0.15, 0.2) is 66.7 Å². The van der Waals surface area contributed by atoms with Gasteiger partial charge >= 0.3 is 12.1 Å². The molecule has 2 N–H and O–H groups in total. The van der Waals surface area contributed by atoms with E-state index in [4.69, 9.17) is 0 Å². The minimum Gasteiger partial charge on any atom is -0.478 e. The Morgan fingerprint density at radius 1 is 1.03 bits per heavy atom. The lowest BCUT2D eigenvalue weighted by Gasteiger charge is -2.24. The van der Waals surface area contributed by atoms with Crippen LogP contribution in [0.1, 0.15) is 55.9 Å². The smallest absolute Gasteiger partial charge is 0.416 e. The molecule has 1 amide bonds. The first kappa shape index (κ1) is 23.4. The Kier molecular flexibility index (Phi) is 6.32. The number of hydrogen-bond donors (Lipinski definition) is 2. The number of carbonyl (C=O) groups is 2. The van der Waals surface area contributed by atoms with Crippen molar-refractivity contribution < 1.29 is 27.9 Å². The number of para-hydroxylation sites is 1. The molecule has 1 aliphatic rings. The third-order valence-electron chi connectivity index (χ3n) is 5.96. The van der Waals surface area contributed by atoms with Crippen LogP contribution in [0.25, 0.3) is 0 Å². The fourth-order valence-corrected chi connectivity index (χ4v) is 4.36. The molecule has 4 rings (SSSR count). The van der Waals surface area contributed by atoms with Crippen molar-refractivity contribution in [3.8, 4) is 0 Å². The molecule has 34 heavy (non-hydrogen) atoms. The number of carbonyl (C=O) groups excluding carboxylic acids is 1. The summed E-state index contributed by atoms with van der Waals surface area (Å²) in [4.78, 5) is 26.7. The molecule has 0 spiro atoms. The van der Waals surface area contributed by atoms with E-state index in [1.165, 1.54) is 12.1 Å². The highest BCUT2D eigenvalue weighted by Gasteiger charge is 2.31. The maximum Gasteiger partial charge on any atom is 0.416 e. The van der Waals surface area contributed by atoms with Crippen molar-refractivity contribution in [3.63, 3.8) is 0 Å². The SMILES string of the molecule is C[C@H](NC(=O)c1cccc2c1N(Cc1cccc(C(F)(F)F)c1)CC2)c1ccccc1C(=O)O. The highest BCUT2D eigenvalue weighted by atomic mass is 19.4. The van der Waals surface area contributed by atoms with Gasteiger partial charge in [-0.1, -0.05) is 42.5 Å². The molecule has 8 heteroatoms. The van der Waals surface area contributed by atoms with E-state index < -0.39 is 23.8 Å². The lowest BCUT2D eigenvalue weighted by Crippen LogP contribution is -2.30. The Morgan fingerprint density at radius 2 is 1.74 bits per heavy atom. The molecule has 1 heterocycles. The van der Waals surface area contributed by atoms with E-state index in [1.54, 1.807) is 43.3 Å². The van der Waals surface area contributed by atoms with E-state index in [9.17, 15) is 27.9 Å². The largest absolute Gasteiger partial charge is 0.478 e. The van der Waals surface area contributed by atoms with Crippen LogP contribution in [0.2, 0.25) is 0 Å². The summed E-state index contributed by atoms with van der Waals surface area (Å²) in [7, 11) is 0. The third-order valence-corrected chi connectivity index (χ3v) is 5.96. The van der Waals surface area contributed by atoms with Crippen molar-refractivity contribution in [2.24, 2.45) is 0 Å². The number of benzene rings is 3. The lowest BCUT2D eigenvalue weighted by molar-refractivity contribution is -0.137. The summed E-state index contributed by atoms with van der Waals surface area (Å²) in [5.41, 5.74) is 2.43. The van der Waals surface area contributed by atoms with E-state index in [2.05, 4.69) is 5.32 Å². The maximum absolute atomic E-state index is 13.2. The van der Waals surface area contributed by atoms with Gasteiger partial charge in [-0.3, -0.25) is 4.79 Å². The molecule has 176 valence electrons. The Labute approximate surface area is 194 Å². The summed E-state index contributed by atoms with van der Waals surface area (Å²) in [5, 5.41) is 12.3. The summed E-state index contributed by atoms with van der Waals surface area (Å²) in [6.45, 7) is 2.52. The first-order valence-electron chi connectivity index (χ1n) is 10.8. The van der Waals surface area contributed by atoms with E-state index in [1.807, 2.05) is 11.0 Å². The van der Waals surface area contributed by atoms with Crippen LogP contribution in [-0.2, 0) is 19.1 Å². The summed E-state index contributed by atoms with van der Waals surface area (Å²) in [6.07, 6.45) is -3.75. The van der Waals surface area contributed by atoms with Crippen molar-refractivity contribution in [2.45, 2.75) is 32.1 Å². The Morgan fingerprint density at radius 3 is 2.47 bits per heavy atom. The number of carboxylic acid groups (broad SMARTS) is 1. The van der Waals surface area contributed by atoms with Crippen molar-refractivity contribution in [3.05, 3.63) is 100 Å². The monoisotopic (exact) mass is 468 g/mol. The van der Waals surface area contributed by atoms with Gasteiger partial charge in [0.1, 0.15) is 0 Å². The Hall–Kier alpha value is -3.81. The molecule has 0 bridgehead atoms. The quantitative estimate of drug-likeness (QED) is 0.504. The van der Waals surface area contributed by atoms with Crippen LogP contribution in [0.3, 0.4) is 0 Å². The average molecular weight is 468 g/mol. The second-order valence-corrected chi connectivity index (χ2v) is 8.27. The highest BCUT2D eigenvalue weighted by molar-refractivity contribution is 6.01. The van der Waals surface area contributed by atoms with Gasteiger partial charge in [0.25, 0.3) is 5.91 Å². The van der Waals surface area contributed by atoms with Crippen LogP contribution in [0.5, 0.6) is 0 Å². The Bertz CT molecular complexity index is 1240. The van der Waals surface area contributed by atoms with E-state index in [-0.39, 0.29) is 18.0 Å². The first-order chi connectivity index (χ1) is 16.1. The first-order valence-corrected chi connectivity index (χ1v) is 10.8. The van der Waals surface area contributed by atoms with Gasteiger partial charge in [-0.25, -0.2) is 4.79 Å². The molecule has 5 nitrogen and oxygen atoms in total. The van der Waals surface area contributed by atoms with Crippen molar-refractivity contribution >= 4 is 17.6 Å². The maximum atomic E-state index is 13.2. The molecule has 0 aliphatic carbocycles. The third kappa shape index (κ3) is 4.76. The minimum atomic E-state index is -4.42. The molecule has 3 aromatic rings. The van der Waals surface area contributed by atoms with Gasteiger partial charge in [0.15, 0.2) is 0 Å². The van der Waals surface area contributed by atoms with Gasteiger partial charge in [0.2, 0.25) is 0 Å². The number of anilines is 1. The molecular formula is C26H23F3N2O3. The molecule has 0 radical (unpaired) electrons. The van der Waals surface area contributed by atoms with Gasteiger partial charge < -0.3 is 15.3 Å². The zero-order chi connectivity index (χ0) is 24.5. The van der Waals surface area contributed by atoms with E-state index >= 15 is 0 Å². The molecule has 0 fully saturated rings. The van der Waals surface area contributed by atoms with Gasteiger partial charge in [-0.2, -0.15) is 13.2 Å². The summed E-state index contributed by atoms with van der Waals surface area (Å²) < 4.78 is 39.4. The number of carboxylic acids is 1. The highest BCUT2D eigenvalue weighted by Crippen LogP contribution is 2.35. The van der Waals surface area contributed by atoms with Crippen LogP contribution in [-0.4, -0.2) is 23.5 Å². The fourth-order valence-electron chi connectivity index (χ4n) is 4.36.